The van der Waals surface area contributed by atoms with Crippen LogP contribution in [0.1, 0.15) is 28.7 Å². The lowest BCUT2D eigenvalue weighted by molar-refractivity contribution is -0.185. The fraction of sp³-hybridized carbons (Fsp3) is 0.222. The maximum Gasteiger partial charge on any atom is 0.426 e. The van der Waals surface area contributed by atoms with Crippen molar-refractivity contribution in [3.05, 3.63) is 132 Å². The number of anilines is 2. The molecule has 0 unspecified atom stereocenters. The van der Waals surface area contributed by atoms with Crippen LogP contribution in [0.15, 0.2) is 103 Å². The largest absolute Gasteiger partial charge is 0.493 e. The molecule has 0 fully saturated rings. The van der Waals surface area contributed by atoms with Gasteiger partial charge in [-0.1, -0.05) is 36.4 Å². The minimum Gasteiger partial charge on any atom is -0.493 e. The summed E-state index contributed by atoms with van der Waals surface area (Å²) < 4.78 is 81.8. The van der Waals surface area contributed by atoms with Crippen LogP contribution in [0.2, 0.25) is 0 Å². The zero-order valence-corrected chi connectivity index (χ0v) is 25.3. The van der Waals surface area contributed by atoms with Gasteiger partial charge < -0.3 is 25.7 Å². The maximum absolute atomic E-state index is 14.8. The highest BCUT2D eigenvalue weighted by Crippen LogP contribution is 2.33. The lowest BCUT2D eigenvalue weighted by atomic mass is 9.79. The van der Waals surface area contributed by atoms with Crippen molar-refractivity contribution >= 4 is 23.4 Å². The molecule has 0 aliphatic carbocycles. The van der Waals surface area contributed by atoms with E-state index in [1.54, 1.807) is 24.3 Å². The van der Waals surface area contributed by atoms with E-state index < -0.39 is 42.3 Å². The average molecular weight is 654 g/mol. The highest BCUT2D eigenvalue weighted by molar-refractivity contribution is 5.87. The molecule has 6 nitrogen and oxygen atoms in total. The Bertz CT molecular complexity index is 1570. The Morgan fingerprint density at radius 1 is 0.723 bits per heavy atom. The smallest absolute Gasteiger partial charge is 0.426 e. The summed E-state index contributed by atoms with van der Waals surface area (Å²) in [6.07, 6.45) is -5.56. The SMILES string of the molecule is [CH2]C(COC(=O)/C=C/c1ccc(C(F)(F)Oc2ccc(OCCC(F)(F)F)cc2)cc1)(Cc1ccc(N)cc1)Cc1ccc(N)cc1. The fourth-order valence-electron chi connectivity index (χ4n) is 4.62. The van der Waals surface area contributed by atoms with E-state index in [2.05, 4.69) is 6.92 Å². The number of ether oxygens (including phenoxy) is 3. The molecule has 47 heavy (non-hydrogen) atoms. The zero-order valence-electron chi connectivity index (χ0n) is 25.3. The third-order valence-electron chi connectivity index (χ3n) is 7.02. The van der Waals surface area contributed by atoms with E-state index in [0.717, 1.165) is 23.3 Å². The summed E-state index contributed by atoms with van der Waals surface area (Å²) in [6, 6.07) is 24.7. The van der Waals surface area contributed by atoms with Crippen LogP contribution in [0.4, 0.5) is 33.3 Å². The predicted molar refractivity (Wildman–Crippen MR) is 170 cm³/mol. The van der Waals surface area contributed by atoms with Crippen molar-refractivity contribution in [2.24, 2.45) is 5.41 Å². The Labute approximate surface area is 269 Å². The summed E-state index contributed by atoms with van der Waals surface area (Å²) in [5, 5.41) is 0. The first-order valence-electron chi connectivity index (χ1n) is 14.5. The third-order valence-corrected chi connectivity index (χ3v) is 7.02. The van der Waals surface area contributed by atoms with Gasteiger partial charge in [-0.2, -0.15) is 22.0 Å². The van der Waals surface area contributed by atoms with Gasteiger partial charge in [0.1, 0.15) is 11.5 Å². The topological polar surface area (TPSA) is 96.8 Å². The molecular formula is C36H34F5N2O4. The van der Waals surface area contributed by atoms with Crippen LogP contribution in [0.25, 0.3) is 6.08 Å². The Morgan fingerprint density at radius 2 is 1.23 bits per heavy atom. The Hall–Kier alpha value is -5.06. The molecule has 4 aromatic carbocycles. The van der Waals surface area contributed by atoms with Crippen LogP contribution in [-0.2, 0) is 28.5 Å². The minimum atomic E-state index is -4.36. The second-order valence-electron chi connectivity index (χ2n) is 11.2. The monoisotopic (exact) mass is 653 g/mol. The summed E-state index contributed by atoms with van der Waals surface area (Å²) in [4.78, 5) is 12.6. The molecular weight excluding hydrogens is 619 g/mol. The highest BCUT2D eigenvalue weighted by Gasteiger charge is 2.34. The number of hydrogen-bond donors (Lipinski definition) is 2. The number of alkyl halides is 5. The third kappa shape index (κ3) is 11.4. The van der Waals surface area contributed by atoms with E-state index in [-0.39, 0.29) is 18.1 Å². The van der Waals surface area contributed by atoms with Gasteiger partial charge in [0.25, 0.3) is 0 Å². The fourth-order valence-corrected chi connectivity index (χ4v) is 4.62. The summed E-state index contributed by atoms with van der Waals surface area (Å²) >= 11 is 0. The molecule has 247 valence electrons. The normalized spacial score (nSPS) is 12.2. The van der Waals surface area contributed by atoms with Gasteiger partial charge in [0.15, 0.2) is 0 Å². The molecule has 4 N–H and O–H groups in total. The molecule has 0 saturated carbocycles. The number of halogens is 5. The first kappa shape index (κ1) is 34.8. The van der Waals surface area contributed by atoms with Crippen LogP contribution < -0.4 is 20.9 Å². The number of hydrogen-bond acceptors (Lipinski definition) is 6. The summed E-state index contributed by atoms with van der Waals surface area (Å²) in [7, 11) is 0. The summed E-state index contributed by atoms with van der Waals surface area (Å²) in [6.45, 7) is 3.81. The van der Waals surface area contributed by atoms with E-state index in [4.69, 9.17) is 25.7 Å². The molecule has 0 saturated heterocycles. The van der Waals surface area contributed by atoms with Gasteiger partial charge >= 0.3 is 18.3 Å². The van der Waals surface area contributed by atoms with Crippen molar-refractivity contribution in [2.45, 2.75) is 31.5 Å². The van der Waals surface area contributed by atoms with Crippen LogP contribution in [0.5, 0.6) is 11.5 Å². The van der Waals surface area contributed by atoms with Gasteiger partial charge in [0.05, 0.1) is 25.2 Å². The lowest BCUT2D eigenvalue weighted by Crippen LogP contribution is -2.30. The van der Waals surface area contributed by atoms with Gasteiger partial charge in [-0.3, -0.25) is 0 Å². The molecule has 1 radical (unpaired) electrons. The molecule has 0 amide bonds. The number of nitrogen functional groups attached to an aromatic ring is 2. The van der Waals surface area contributed by atoms with Crippen molar-refractivity contribution < 1.29 is 41.0 Å². The number of rotatable bonds is 14. The summed E-state index contributed by atoms with van der Waals surface area (Å²) in [5.74, 6) is -0.751. The first-order valence-corrected chi connectivity index (χ1v) is 14.5. The van der Waals surface area contributed by atoms with E-state index in [0.29, 0.717) is 29.8 Å². The van der Waals surface area contributed by atoms with Crippen LogP contribution >= 0.6 is 0 Å². The minimum absolute atomic E-state index is 0.00802. The lowest BCUT2D eigenvalue weighted by Gasteiger charge is -2.29. The first-order chi connectivity index (χ1) is 22.2. The Morgan fingerprint density at radius 3 is 1.74 bits per heavy atom. The summed E-state index contributed by atoms with van der Waals surface area (Å²) in [5.41, 5.74) is 14.2. The average Bonchev–Trinajstić information content (AvgIpc) is 3.02. The number of esters is 1. The van der Waals surface area contributed by atoms with Crippen molar-refractivity contribution in [1.82, 2.24) is 0 Å². The number of carbonyl (C=O) groups excluding carboxylic acids is 1. The number of carbonyl (C=O) groups is 1. The van der Waals surface area contributed by atoms with Gasteiger partial charge in [0, 0.05) is 22.9 Å². The van der Waals surface area contributed by atoms with Gasteiger partial charge in [-0.05, 0) is 103 Å². The molecule has 0 aliphatic heterocycles. The predicted octanol–water partition coefficient (Wildman–Crippen LogP) is 8.17. The Kier molecular flexibility index (Phi) is 11.1. The van der Waals surface area contributed by atoms with Crippen molar-refractivity contribution in [3.63, 3.8) is 0 Å². The molecule has 0 aromatic heterocycles. The van der Waals surface area contributed by atoms with Crippen molar-refractivity contribution in [1.29, 1.82) is 0 Å². The maximum atomic E-state index is 14.8. The molecule has 11 heteroatoms. The van der Waals surface area contributed by atoms with Gasteiger partial charge in [-0.15, -0.1) is 0 Å². The molecule has 0 bridgehead atoms. The number of benzene rings is 4. The van der Waals surface area contributed by atoms with E-state index in [1.165, 1.54) is 48.6 Å². The second kappa shape index (κ2) is 15.0. The highest BCUT2D eigenvalue weighted by atomic mass is 19.4. The number of nitrogens with two attached hydrogens (primary N) is 2. The molecule has 0 atom stereocenters. The van der Waals surface area contributed by atoms with Crippen LogP contribution in [-0.4, -0.2) is 25.4 Å². The molecule has 0 heterocycles. The van der Waals surface area contributed by atoms with Crippen LogP contribution in [0, 0.1) is 12.3 Å². The molecule has 4 aromatic rings. The van der Waals surface area contributed by atoms with Gasteiger partial charge in [-0.25, -0.2) is 4.79 Å². The van der Waals surface area contributed by atoms with Crippen LogP contribution in [0.3, 0.4) is 0 Å². The van der Waals surface area contributed by atoms with E-state index in [9.17, 15) is 26.7 Å². The van der Waals surface area contributed by atoms with Crippen molar-refractivity contribution in [2.75, 3.05) is 24.7 Å². The van der Waals surface area contributed by atoms with E-state index >= 15 is 0 Å². The molecule has 4 rings (SSSR count). The van der Waals surface area contributed by atoms with Crippen molar-refractivity contribution in [3.8, 4) is 11.5 Å². The molecule has 0 aliphatic rings. The quantitative estimate of drug-likeness (QED) is 0.0617. The Balaban J connectivity index is 1.33. The standard InChI is InChI=1S/C36H34F5N2O4/c1-34(22-26-4-11-29(42)12-5-26,23-27-6-13-30(43)14-7-27)24-46-33(44)19-8-25-2-9-28(10-3-25)36(40,41)47-32-17-15-31(16-18-32)45-21-20-35(37,38)39/h2-19H,1,20-24,42-43H2/b19-8+. The van der Waals surface area contributed by atoms with E-state index in [1.807, 2.05) is 24.3 Å². The zero-order chi connectivity index (χ0) is 34.1. The van der Waals surface area contributed by atoms with Gasteiger partial charge in [0.2, 0.25) is 0 Å². The second-order valence-corrected chi connectivity index (χ2v) is 11.2. The molecule has 0 spiro atoms.